The third-order valence-electron chi connectivity index (χ3n) is 6.50. The van der Waals surface area contributed by atoms with E-state index < -0.39 is 0 Å². The highest BCUT2D eigenvalue weighted by atomic mass is 35.5. The number of carbonyl (C=O) groups excluding carboxylic acids is 1. The number of piperidine rings is 1. The lowest BCUT2D eigenvalue weighted by atomic mass is 9.94. The minimum atomic E-state index is 0. The first-order valence-electron chi connectivity index (χ1n) is 10.4. The average Bonchev–Trinajstić information content (AvgIpc) is 3.16. The van der Waals surface area contributed by atoms with Crippen LogP contribution in [0.3, 0.4) is 0 Å². The lowest BCUT2D eigenvalue weighted by Gasteiger charge is -2.32. The highest BCUT2D eigenvalue weighted by Gasteiger charge is 2.27. The molecule has 1 saturated heterocycles. The maximum absolute atomic E-state index is 11.9. The Hall–Kier alpha value is -1.96. The van der Waals surface area contributed by atoms with Crippen molar-refractivity contribution in [2.24, 2.45) is 0 Å². The van der Waals surface area contributed by atoms with Crippen LogP contribution in [0.15, 0.2) is 18.2 Å². The number of halogens is 1. The molecule has 3 aliphatic rings. The fraction of sp³-hybridized carbons (Fsp3) is 0.571. The summed E-state index contributed by atoms with van der Waals surface area (Å²) in [5.74, 6) is 3.02. The van der Waals surface area contributed by atoms with Crippen molar-refractivity contribution in [1.82, 2.24) is 25.0 Å². The molecular formula is C21H29ClN6O. The Morgan fingerprint density at radius 3 is 2.79 bits per heavy atom. The third kappa shape index (κ3) is 3.91. The summed E-state index contributed by atoms with van der Waals surface area (Å²) in [4.78, 5) is 16.2. The molecule has 0 bridgehead atoms. The third-order valence-corrected chi connectivity index (χ3v) is 6.50. The van der Waals surface area contributed by atoms with Crippen LogP contribution in [0.2, 0.25) is 0 Å². The van der Waals surface area contributed by atoms with Gasteiger partial charge < -0.3 is 14.8 Å². The predicted molar refractivity (Wildman–Crippen MR) is 114 cm³/mol. The number of anilines is 1. The van der Waals surface area contributed by atoms with Crippen LogP contribution in [-0.4, -0.2) is 52.3 Å². The van der Waals surface area contributed by atoms with Crippen molar-refractivity contribution in [3.8, 4) is 0 Å². The molecule has 7 nitrogen and oxygen atoms in total. The van der Waals surface area contributed by atoms with Crippen LogP contribution in [0.25, 0.3) is 0 Å². The Labute approximate surface area is 177 Å². The van der Waals surface area contributed by atoms with E-state index in [4.69, 9.17) is 0 Å². The van der Waals surface area contributed by atoms with Crippen molar-refractivity contribution < 1.29 is 4.79 Å². The summed E-state index contributed by atoms with van der Waals surface area (Å²) in [6.45, 7) is 6.02. The summed E-state index contributed by atoms with van der Waals surface area (Å²) in [7, 11) is 1.88. The Morgan fingerprint density at radius 1 is 1.14 bits per heavy atom. The zero-order valence-corrected chi connectivity index (χ0v) is 17.7. The largest absolute Gasteiger partial charge is 0.315 e. The average molecular weight is 417 g/mol. The van der Waals surface area contributed by atoms with E-state index in [0.29, 0.717) is 12.3 Å². The molecule has 1 amide bonds. The van der Waals surface area contributed by atoms with E-state index in [1.54, 1.807) is 4.90 Å². The number of nitrogens with one attached hydrogen (secondary N) is 1. The van der Waals surface area contributed by atoms with Gasteiger partial charge in [0.1, 0.15) is 11.6 Å². The Morgan fingerprint density at radius 2 is 1.97 bits per heavy atom. The van der Waals surface area contributed by atoms with Crippen molar-refractivity contribution >= 4 is 24.0 Å². The van der Waals surface area contributed by atoms with Crippen LogP contribution >= 0.6 is 12.4 Å². The number of aryl methyl sites for hydroxylation is 1. The molecule has 8 heteroatoms. The molecule has 156 valence electrons. The topological polar surface area (TPSA) is 66.3 Å². The Bertz CT molecular complexity index is 889. The second-order valence-electron chi connectivity index (χ2n) is 8.27. The molecule has 1 N–H and O–H groups in total. The standard InChI is InChI=1S/C21H28N6O.ClH/c1-25-18-4-2-15(12-17(18)3-5-20(25)28)14-26-9-6-16(7-10-26)21-24-23-19-13-22-8-11-27(19)21;/h2,4,12,16,22H,3,5-11,13-14H2,1H3;1H. The first-order chi connectivity index (χ1) is 13.7. The van der Waals surface area contributed by atoms with Gasteiger partial charge in [-0.05, 0) is 49.5 Å². The normalized spacial score (nSPS) is 20.2. The van der Waals surface area contributed by atoms with Crippen molar-refractivity contribution in [2.45, 2.75) is 51.2 Å². The van der Waals surface area contributed by atoms with E-state index in [9.17, 15) is 4.79 Å². The Balaban J connectivity index is 0.00000205. The number of aromatic nitrogens is 3. The van der Waals surface area contributed by atoms with Gasteiger partial charge in [-0.25, -0.2) is 0 Å². The minimum absolute atomic E-state index is 0. The molecule has 1 aromatic heterocycles. The van der Waals surface area contributed by atoms with Gasteiger partial charge in [0, 0.05) is 44.7 Å². The number of benzene rings is 1. The number of nitrogens with zero attached hydrogens (tertiary/aromatic N) is 5. The SMILES string of the molecule is CN1C(=O)CCc2cc(CN3CCC(c4nnc5n4CCNC5)CC3)ccc21.Cl. The van der Waals surface area contributed by atoms with E-state index in [1.165, 1.54) is 17.0 Å². The fourth-order valence-corrected chi connectivity index (χ4v) is 4.83. The smallest absolute Gasteiger partial charge is 0.227 e. The molecule has 0 unspecified atom stereocenters. The minimum Gasteiger partial charge on any atom is -0.315 e. The summed E-state index contributed by atoms with van der Waals surface area (Å²) in [6.07, 6.45) is 3.78. The molecule has 0 atom stereocenters. The van der Waals surface area contributed by atoms with Crippen molar-refractivity contribution in [1.29, 1.82) is 0 Å². The Kier molecular flexibility index (Phi) is 5.90. The molecule has 3 aliphatic heterocycles. The summed E-state index contributed by atoms with van der Waals surface area (Å²) in [5.41, 5.74) is 3.73. The number of fused-ring (bicyclic) bond motifs is 2. The lowest BCUT2D eigenvalue weighted by Crippen LogP contribution is -2.35. The van der Waals surface area contributed by atoms with Crippen LogP contribution in [-0.2, 0) is 30.8 Å². The first kappa shape index (κ1) is 20.3. The summed E-state index contributed by atoms with van der Waals surface area (Å²) >= 11 is 0. The van der Waals surface area contributed by atoms with Crippen molar-refractivity contribution in [3.63, 3.8) is 0 Å². The van der Waals surface area contributed by atoms with Gasteiger partial charge in [-0.2, -0.15) is 0 Å². The molecule has 0 spiro atoms. The predicted octanol–water partition coefficient (Wildman–Crippen LogP) is 2.09. The van der Waals surface area contributed by atoms with Gasteiger partial charge in [-0.1, -0.05) is 12.1 Å². The van der Waals surface area contributed by atoms with Gasteiger partial charge in [0.15, 0.2) is 0 Å². The molecule has 0 saturated carbocycles. The van der Waals surface area contributed by atoms with E-state index in [2.05, 4.69) is 43.2 Å². The molecular weight excluding hydrogens is 388 g/mol. The summed E-state index contributed by atoms with van der Waals surface area (Å²) in [5, 5.41) is 12.3. The van der Waals surface area contributed by atoms with Gasteiger partial charge >= 0.3 is 0 Å². The maximum Gasteiger partial charge on any atom is 0.227 e. The molecule has 1 fully saturated rings. The number of likely N-dealkylation sites (tertiary alicyclic amines) is 1. The second-order valence-corrected chi connectivity index (χ2v) is 8.27. The van der Waals surface area contributed by atoms with Crippen LogP contribution in [0.4, 0.5) is 5.69 Å². The van der Waals surface area contributed by atoms with Crippen LogP contribution in [0.1, 0.15) is 48.0 Å². The maximum atomic E-state index is 11.9. The van der Waals surface area contributed by atoms with E-state index in [1.807, 2.05) is 7.05 Å². The van der Waals surface area contributed by atoms with Gasteiger partial charge in [0.25, 0.3) is 0 Å². The zero-order chi connectivity index (χ0) is 19.1. The molecule has 5 rings (SSSR count). The van der Waals surface area contributed by atoms with Gasteiger partial charge in [0.2, 0.25) is 5.91 Å². The number of amides is 1. The lowest BCUT2D eigenvalue weighted by molar-refractivity contribution is -0.118. The van der Waals surface area contributed by atoms with Gasteiger partial charge in [-0.15, -0.1) is 22.6 Å². The van der Waals surface area contributed by atoms with Crippen molar-refractivity contribution in [2.75, 3.05) is 31.6 Å². The molecule has 4 heterocycles. The molecule has 0 radical (unpaired) electrons. The van der Waals surface area contributed by atoms with E-state index in [-0.39, 0.29) is 18.3 Å². The fourth-order valence-electron chi connectivity index (χ4n) is 4.83. The second kappa shape index (κ2) is 8.42. The zero-order valence-electron chi connectivity index (χ0n) is 16.9. The van der Waals surface area contributed by atoms with Crippen molar-refractivity contribution in [3.05, 3.63) is 41.0 Å². The number of carbonyl (C=O) groups is 1. The van der Waals surface area contributed by atoms with Crippen LogP contribution < -0.4 is 10.2 Å². The molecule has 0 aliphatic carbocycles. The molecule has 1 aromatic carbocycles. The van der Waals surface area contributed by atoms with Crippen LogP contribution in [0, 0.1) is 0 Å². The number of hydrogen-bond acceptors (Lipinski definition) is 5. The van der Waals surface area contributed by atoms with Crippen LogP contribution in [0.5, 0.6) is 0 Å². The summed E-state index contributed by atoms with van der Waals surface area (Å²) in [6, 6.07) is 6.60. The molecule has 2 aromatic rings. The highest BCUT2D eigenvalue weighted by Crippen LogP contribution is 2.30. The molecule has 29 heavy (non-hydrogen) atoms. The summed E-state index contributed by atoms with van der Waals surface area (Å²) < 4.78 is 2.33. The van der Waals surface area contributed by atoms with E-state index >= 15 is 0 Å². The number of rotatable bonds is 3. The first-order valence-corrected chi connectivity index (χ1v) is 10.4. The highest BCUT2D eigenvalue weighted by molar-refractivity contribution is 5.95. The van der Waals surface area contributed by atoms with Gasteiger partial charge in [0.05, 0.1) is 6.54 Å². The van der Waals surface area contributed by atoms with Gasteiger partial charge in [-0.3, -0.25) is 9.69 Å². The number of hydrogen-bond donors (Lipinski definition) is 1. The monoisotopic (exact) mass is 416 g/mol. The quantitative estimate of drug-likeness (QED) is 0.829. The van der Waals surface area contributed by atoms with E-state index in [0.717, 1.165) is 70.0 Å².